The summed E-state index contributed by atoms with van der Waals surface area (Å²) in [6.45, 7) is 8.84. The van der Waals surface area contributed by atoms with Gasteiger partial charge in [0.2, 0.25) is 0 Å². The quantitative estimate of drug-likeness (QED) is 0.832. The predicted molar refractivity (Wildman–Crippen MR) is 81.7 cm³/mol. The fraction of sp³-hybridized carbons (Fsp3) is 0.562. The van der Waals surface area contributed by atoms with Crippen LogP contribution >= 0.6 is 0 Å². The van der Waals surface area contributed by atoms with Crippen molar-refractivity contribution in [2.45, 2.75) is 45.6 Å². The van der Waals surface area contributed by atoms with E-state index in [2.05, 4.69) is 49.2 Å². The monoisotopic (exact) mass is 257 g/mol. The van der Waals surface area contributed by atoms with E-state index in [0.717, 1.165) is 30.3 Å². The minimum absolute atomic E-state index is 0.0193. The third-order valence-electron chi connectivity index (χ3n) is 3.97. The highest BCUT2D eigenvalue weighted by Crippen LogP contribution is 2.33. The fourth-order valence-electron chi connectivity index (χ4n) is 3.14. The van der Waals surface area contributed by atoms with Crippen LogP contribution in [-0.4, -0.2) is 23.6 Å². The van der Waals surface area contributed by atoms with Crippen LogP contribution in [0.5, 0.6) is 0 Å². The van der Waals surface area contributed by atoms with E-state index in [0.29, 0.717) is 0 Å². The van der Waals surface area contributed by atoms with Crippen molar-refractivity contribution >= 4 is 17.1 Å². The summed E-state index contributed by atoms with van der Waals surface area (Å²) in [5.74, 6) is 1.13. The zero-order valence-electron chi connectivity index (χ0n) is 12.2. The average molecular weight is 257 g/mol. The molecule has 19 heavy (non-hydrogen) atoms. The lowest BCUT2D eigenvalue weighted by Gasteiger charge is -2.33. The van der Waals surface area contributed by atoms with Gasteiger partial charge < -0.3 is 10.2 Å². The topological polar surface area (TPSA) is 28.2 Å². The number of piperidine rings is 1. The van der Waals surface area contributed by atoms with E-state index in [9.17, 15) is 0 Å². The van der Waals surface area contributed by atoms with Gasteiger partial charge in [-0.15, -0.1) is 0 Å². The van der Waals surface area contributed by atoms with E-state index >= 15 is 0 Å². The molecule has 0 unspecified atom stereocenters. The largest absolute Gasteiger partial charge is 0.375 e. The molecule has 3 rings (SSSR count). The van der Waals surface area contributed by atoms with Crippen LogP contribution < -0.4 is 10.2 Å². The van der Waals surface area contributed by atoms with Crippen LogP contribution in [0.25, 0.3) is 5.57 Å². The first-order valence-corrected chi connectivity index (χ1v) is 7.29. The normalized spacial score (nSPS) is 21.4. The summed E-state index contributed by atoms with van der Waals surface area (Å²) in [7, 11) is 0. The fourth-order valence-corrected chi connectivity index (χ4v) is 3.14. The van der Waals surface area contributed by atoms with E-state index in [4.69, 9.17) is 4.98 Å². The van der Waals surface area contributed by atoms with E-state index in [-0.39, 0.29) is 5.54 Å². The smallest absolute Gasteiger partial charge is 0.129 e. The molecule has 0 amide bonds. The molecule has 1 aromatic rings. The molecule has 2 aliphatic heterocycles. The second kappa shape index (κ2) is 4.55. The maximum absolute atomic E-state index is 4.88. The lowest BCUT2D eigenvalue weighted by molar-refractivity contribution is 0.573. The molecule has 0 aromatic carbocycles. The number of nitrogens with one attached hydrogen (secondary N) is 1. The number of fused-ring (bicyclic) bond motifs is 1. The van der Waals surface area contributed by atoms with Gasteiger partial charge in [0.15, 0.2) is 0 Å². The van der Waals surface area contributed by atoms with Crippen LogP contribution in [0.1, 0.15) is 45.7 Å². The van der Waals surface area contributed by atoms with Crippen LogP contribution in [0.4, 0.5) is 11.5 Å². The Morgan fingerprint density at radius 2 is 1.89 bits per heavy atom. The highest BCUT2D eigenvalue weighted by atomic mass is 15.2. The van der Waals surface area contributed by atoms with E-state index in [1.54, 1.807) is 0 Å². The minimum atomic E-state index is 0.0193. The number of nitrogens with zero attached hydrogens (tertiary/aromatic N) is 2. The Morgan fingerprint density at radius 3 is 2.63 bits per heavy atom. The third kappa shape index (κ3) is 2.46. The van der Waals surface area contributed by atoms with Gasteiger partial charge >= 0.3 is 0 Å². The Labute approximate surface area is 115 Å². The summed E-state index contributed by atoms with van der Waals surface area (Å²) in [6.07, 6.45) is 6.20. The lowest BCUT2D eigenvalue weighted by Crippen LogP contribution is -2.33. The molecule has 1 fully saturated rings. The first-order chi connectivity index (χ1) is 9.05. The summed E-state index contributed by atoms with van der Waals surface area (Å²) >= 11 is 0. The third-order valence-corrected chi connectivity index (χ3v) is 3.97. The van der Waals surface area contributed by atoms with Gasteiger partial charge in [0.25, 0.3) is 0 Å². The maximum atomic E-state index is 4.88. The number of hydrogen-bond donors (Lipinski definition) is 1. The molecule has 0 aliphatic carbocycles. The molecule has 1 N–H and O–H groups in total. The molecule has 0 radical (unpaired) electrons. The zero-order chi connectivity index (χ0) is 13.5. The van der Waals surface area contributed by atoms with E-state index < -0.39 is 0 Å². The van der Waals surface area contributed by atoms with Gasteiger partial charge in [-0.2, -0.15) is 0 Å². The van der Waals surface area contributed by atoms with Crippen molar-refractivity contribution in [2.24, 2.45) is 0 Å². The van der Waals surface area contributed by atoms with Crippen LogP contribution in [0.15, 0.2) is 18.2 Å². The molecular formula is C16H23N3. The predicted octanol–water partition coefficient (Wildman–Crippen LogP) is 3.68. The van der Waals surface area contributed by atoms with Crippen LogP contribution in [-0.2, 0) is 0 Å². The van der Waals surface area contributed by atoms with Gasteiger partial charge in [-0.05, 0) is 57.7 Å². The van der Waals surface area contributed by atoms with Gasteiger partial charge in [-0.3, -0.25) is 0 Å². The first kappa shape index (κ1) is 12.5. The standard InChI is InChI=1S/C16H23N3/c1-12-11-16(2,3)18-13-7-8-14(17-15(12)13)19-9-5-4-6-10-19/h7-8,11,18H,4-6,9-10H2,1-3H3. The highest BCUT2D eigenvalue weighted by molar-refractivity contribution is 5.78. The summed E-state index contributed by atoms with van der Waals surface area (Å²) in [4.78, 5) is 7.29. The lowest BCUT2D eigenvalue weighted by atomic mass is 9.94. The zero-order valence-corrected chi connectivity index (χ0v) is 12.2. The summed E-state index contributed by atoms with van der Waals surface area (Å²) in [5.41, 5.74) is 3.57. The Balaban J connectivity index is 1.94. The molecule has 3 nitrogen and oxygen atoms in total. The molecule has 1 saturated heterocycles. The average Bonchev–Trinajstić information content (AvgIpc) is 2.38. The van der Waals surface area contributed by atoms with Crippen LogP contribution in [0.2, 0.25) is 0 Å². The Morgan fingerprint density at radius 1 is 1.16 bits per heavy atom. The van der Waals surface area contributed by atoms with Crippen LogP contribution in [0.3, 0.4) is 0 Å². The second-order valence-corrected chi connectivity index (χ2v) is 6.29. The van der Waals surface area contributed by atoms with Crippen molar-refractivity contribution in [1.29, 1.82) is 0 Å². The molecule has 2 aliphatic rings. The van der Waals surface area contributed by atoms with Crippen LogP contribution in [0, 0.1) is 0 Å². The van der Waals surface area contributed by atoms with Crippen molar-refractivity contribution in [3.05, 3.63) is 23.9 Å². The molecule has 3 heterocycles. The van der Waals surface area contributed by atoms with Gasteiger partial charge in [0.05, 0.1) is 16.9 Å². The van der Waals surface area contributed by atoms with Gasteiger partial charge in [0, 0.05) is 13.1 Å². The second-order valence-electron chi connectivity index (χ2n) is 6.29. The number of rotatable bonds is 1. The Hall–Kier alpha value is -1.51. The van der Waals surface area contributed by atoms with E-state index in [1.165, 1.54) is 24.8 Å². The number of allylic oxidation sites excluding steroid dienone is 1. The molecule has 102 valence electrons. The maximum Gasteiger partial charge on any atom is 0.129 e. The minimum Gasteiger partial charge on any atom is -0.375 e. The van der Waals surface area contributed by atoms with Crippen molar-refractivity contribution in [3.8, 4) is 0 Å². The van der Waals surface area contributed by atoms with Crippen molar-refractivity contribution < 1.29 is 0 Å². The summed E-state index contributed by atoms with van der Waals surface area (Å²) in [5, 5.41) is 3.54. The number of hydrogen-bond acceptors (Lipinski definition) is 3. The molecule has 3 heteroatoms. The molecule has 0 saturated carbocycles. The van der Waals surface area contributed by atoms with Crippen molar-refractivity contribution in [2.75, 3.05) is 23.3 Å². The number of pyridine rings is 1. The Kier molecular flexibility index (Phi) is 3.00. The number of aromatic nitrogens is 1. The summed E-state index contributed by atoms with van der Waals surface area (Å²) in [6, 6.07) is 4.34. The number of anilines is 2. The summed E-state index contributed by atoms with van der Waals surface area (Å²) < 4.78 is 0. The van der Waals surface area contributed by atoms with Gasteiger partial charge in [-0.1, -0.05) is 6.08 Å². The molecular weight excluding hydrogens is 234 g/mol. The Bertz CT molecular complexity index is 511. The highest BCUT2D eigenvalue weighted by Gasteiger charge is 2.24. The van der Waals surface area contributed by atoms with E-state index in [1.807, 2.05) is 0 Å². The van der Waals surface area contributed by atoms with Crippen molar-refractivity contribution in [1.82, 2.24) is 4.98 Å². The van der Waals surface area contributed by atoms with Crippen molar-refractivity contribution in [3.63, 3.8) is 0 Å². The molecule has 0 atom stereocenters. The molecule has 0 bridgehead atoms. The van der Waals surface area contributed by atoms with Gasteiger partial charge in [0.1, 0.15) is 5.82 Å². The molecule has 0 spiro atoms. The first-order valence-electron chi connectivity index (χ1n) is 7.29. The SMILES string of the molecule is CC1=CC(C)(C)Nc2ccc(N3CCCCC3)nc21. The molecule has 1 aromatic heterocycles. The van der Waals surface area contributed by atoms with Gasteiger partial charge in [-0.25, -0.2) is 4.98 Å².